The lowest BCUT2D eigenvalue weighted by Gasteiger charge is -2.53. The number of benzene rings is 2. The molecule has 6 nitrogen and oxygen atoms in total. The molecule has 4 rings (SSSR count). The zero-order chi connectivity index (χ0) is 24.7. The molecule has 5 atom stereocenters. The van der Waals surface area contributed by atoms with E-state index < -0.39 is 27.7 Å². The van der Waals surface area contributed by atoms with Gasteiger partial charge in [0.25, 0.3) is 10.1 Å². The summed E-state index contributed by atoms with van der Waals surface area (Å²) in [6.07, 6.45) is 2.14. The zero-order valence-corrected chi connectivity index (χ0v) is 23.0. The van der Waals surface area contributed by atoms with Crippen LogP contribution >= 0.6 is 22.6 Å². The number of halogens is 1. The third-order valence-electron chi connectivity index (χ3n) is 7.75. The Kier molecular flexibility index (Phi) is 7.43. The lowest BCUT2D eigenvalue weighted by atomic mass is 9.66. The van der Waals surface area contributed by atoms with E-state index >= 15 is 0 Å². The van der Waals surface area contributed by atoms with Gasteiger partial charge in [-0.25, -0.2) is 0 Å². The largest absolute Gasteiger partial charge is 0.469 e. The maximum Gasteiger partial charge on any atom is 0.311 e. The van der Waals surface area contributed by atoms with Gasteiger partial charge in [0.1, 0.15) is 0 Å². The summed E-state index contributed by atoms with van der Waals surface area (Å²) < 4.78 is 39.2. The molecule has 2 bridgehead atoms. The van der Waals surface area contributed by atoms with Crippen molar-refractivity contribution in [3.05, 3.63) is 63.2 Å². The van der Waals surface area contributed by atoms with Crippen molar-refractivity contribution >= 4 is 38.7 Å². The minimum absolute atomic E-state index is 0.0764. The molecular weight excluding hydrogens is 565 g/mol. The van der Waals surface area contributed by atoms with Gasteiger partial charge in [0.2, 0.25) is 0 Å². The van der Waals surface area contributed by atoms with Gasteiger partial charge in [0.05, 0.1) is 29.6 Å². The number of hydrogen-bond acceptors (Lipinski definition) is 6. The van der Waals surface area contributed by atoms with Crippen molar-refractivity contribution in [2.45, 2.75) is 68.0 Å². The van der Waals surface area contributed by atoms with E-state index in [-0.39, 0.29) is 22.8 Å². The van der Waals surface area contributed by atoms with Crippen LogP contribution in [-0.4, -0.2) is 51.1 Å². The van der Waals surface area contributed by atoms with Crippen molar-refractivity contribution < 1.29 is 22.1 Å². The van der Waals surface area contributed by atoms with Crippen LogP contribution in [0.2, 0.25) is 0 Å². The van der Waals surface area contributed by atoms with E-state index in [1.165, 1.54) is 7.11 Å². The van der Waals surface area contributed by atoms with Crippen molar-refractivity contribution in [3.8, 4) is 0 Å². The quantitative estimate of drug-likeness (QED) is 0.257. The number of likely N-dealkylation sites (N-methyl/N-ethyl adjacent to an activating group) is 1. The summed E-state index contributed by atoms with van der Waals surface area (Å²) in [5, 5.41) is 0. The average Bonchev–Trinajstić information content (AvgIpc) is 3.02. The first-order valence-corrected chi connectivity index (χ1v) is 14.2. The Morgan fingerprint density at radius 2 is 1.94 bits per heavy atom. The molecule has 34 heavy (non-hydrogen) atoms. The molecule has 2 aliphatic rings. The molecule has 2 fully saturated rings. The number of carbonyl (C=O) groups is 1. The van der Waals surface area contributed by atoms with Crippen LogP contribution in [0.3, 0.4) is 0 Å². The maximum absolute atomic E-state index is 13.4. The second-order valence-corrected chi connectivity index (χ2v) is 12.3. The van der Waals surface area contributed by atoms with Crippen LogP contribution in [-0.2, 0) is 23.8 Å². The van der Waals surface area contributed by atoms with E-state index in [1.54, 1.807) is 18.2 Å². The van der Waals surface area contributed by atoms with Crippen LogP contribution in [0.25, 0.3) is 0 Å². The van der Waals surface area contributed by atoms with Crippen molar-refractivity contribution in [2.24, 2.45) is 5.92 Å². The summed E-state index contributed by atoms with van der Waals surface area (Å²) in [6, 6.07) is 15.2. The Balaban J connectivity index is 1.79. The highest BCUT2D eigenvalue weighted by Crippen LogP contribution is 2.56. The van der Waals surface area contributed by atoms with Crippen LogP contribution in [0.5, 0.6) is 0 Å². The molecule has 0 N–H and O–H groups in total. The number of hydrogen-bond donors (Lipinski definition) is 0. The molecule has 0 aromatic heterocycles. The first-order valence-electron chi connectivity index (χ1n) is 11.7. The number of piperidine rings is 1. The summed E-state index contributed by atoms with van der Waals surface area (Å²) in [6.45, 7) is 3.78. The SMILES string of the molecule is CCC(OS(=O)(=O)c1cccc(C)c1)[C@@]12CC[C@@H](C[C@H](c3ccc(I)cc3)C1C(=O)OC)N2C. The topological polar surface area (TPSA) is 72.9 Å². The number of fused-ring (bicyclic) bond motifs is 2. The monoisotopic (exact) mass is 597 g/mol. The highest BCUT2D eigenvalue weighted by Gasteiger charge is 2.63. The molecule has 8 heteroatoms. The summed E-state index contributed by atoms with van der Waals surface area (Å²) in [5.74, 6) is -0.933. The Hall–Kier alpha value is -1.49. The van der Waals surface area contributed by atoms with Crippen molar-refractivity contribution in [3.63, 3.8) is 0 Å². The molecule has 184 valence electrons. The molecule has 2 aromatic carbocycles. The molecule has 2 aromatic rings. The molecule has 2 heterocycles. The lowest BCUT2D eigenvalue weighted by Crippen LogP contribution is -2.65. The number of carbonyl (C=O) groups excluding carboxylic acids is 1. The number of ether oxygens (including phenoxy) is 1. The summed E-state index contributed by atoms with van der Waals surface area (Å²) >= 11 is 2.27. The Bertz CT molecular complexity index is 1150. The first-order chi connectivity index (χ1) is 16.1. The van der Waals surface area contributed by atoms with Crippen LogP contribution in [0.4, 0.5) is 0 Å². The first kappa shape index (κ1) is 25.6. The number of nitrogens with zero attached hydrogens (tertiary/aromatic N) is 1. The Morgan fingerprint density at radius 1 is 1.24 bits per heavy atom. The molecular formula is C26H32INO5S. The van der Waals surface area contributed by atoms with E-state index in [9.17, 15) is 13.2 Å². The van der Waals surface area contributed by atoms with Gasteiger partial charge in [-0.15, -0.1) is 0 Å². The van der Waals surface area contributed by atoms with Gasteiger partial charge in [-0.05, 0) is 97.6 Å². The third kappa shape index (κ3) is 4.42. The van der Waals surface area contributed by atoms with E-state index in [0.29, 0.717) is 12.8 Å². The fourth-order valence-corrected chi connectivity index (χ4v) is 7.80. The second-order valence-electron chi connectivity index (χ2n) is 9.45. The summed E-state index contributed by atoms with van der Waals surface area (Å²) in [4.78, 5) is 15.7. The van der Waals surface area contributed by atoms with Crippen LogP contribution < -0.4 is 0 Å². The summed E-state index contributed by atoms with van der Waals surface area (Å²) in [5.41, 5.74) is 1.14. The minimum atomic E-state index is -4.02. The van der Waals surface area contributed by atoms with Crippen LogP contribution in [0.1, 0.15) is 49.7 Å². The average molecular weight is 598 g/mol. The second kappa shape index (κ2) is 9.87. The van der Waals surface area contributed by atoms with Gasteiger partial charge in [-0.3, -0.25) is 13.9 Å². The smallest absolute Gasteiger partial charge is 0.311 e. The molecule has 2 aliphatic heterocycles. The minimum Gasteiger partial charge on any atom is -0.469 e. The van der Waals surface area contributed by atoms with Gasteiger partial charge in [-0.1, -0.05) is 31.2 Å². The predicted octanol–water partition coefficient (Wildman–Crippen LogP) is 4.89. The molecule has 2 unspecified atom stereocenters. The van der Waals surface area contributed by atoms with Crippen molar-refractivity contribution in [2.75, 3.05) is 14.2 Å². The van der Waals surface area contributed by atoms with Crippen LogP contribution in [0, 0.1) is 16.4 Å². The zero-order valence-electron chi connectivity index (χ0n) is 20.0. The van der Waals surface area contributed by atoms with Gasteiger partial charge in [-0.2, -0.15) is 8.42 Å². The van der Waals surface area contributed by atoms with E-state index in [1.807, 2.05) is 39.1 Å². The third-order valence-corrected chi connectivity index (χ3v) is 9.79. The highest BCUT2D eigenvalue weighted by atomic mass is 127. The number of rotatable bonds is 7. The molecule has 0 saturated carbocycles. The highest BCUT2D eigenvalue weighted by molar-refractivity contribution is 14.1. The Labute approximate surface area is 216 Å². The van der Waals surface area contributed by atoms with Crippen molar-refractivity contribution in [1.29, 1.82) is 0 Å². The molecule has 0 radical (unpaired) electrons. The number of methoxy groups -OCH3 is 1. The fourth-order valence-electron chi connectivity index (χ4n) is 6.14. The summed E-state index contributed by atoms with van der Waals surface area (Å²) in [7, 11) is -0.607. The van der Waals surface area contributed by atoms with Crippen LogP contribution in [0.15, 0.2) is 53.4 Å². The standard InChI is InChI=1S/C26H32INO5S/c1-5-23(33-34(30,31)21-8-6-7-17(2)15-21)26-14-13-20(28(26)3)16-22(24(26)25(29)32-4)18-9-11-19(27)12-10-18/h6-12,15,20,22-24H,5,13-14,16H2,1-4H3/t20-,22+,23?,24?,26-/m0/s1. The van der Waals surface area contributed by atoms with Crippen molar-refractivity contribution in [1.82, 2.24) is 4.90 Å². The molecule has 0 aliphatic carbocycles. The normalized spacial score (nSPS) is 28.0. The lowest BCUT2D eigenvalue weighted by molar-refractivity contribution is -0.161. The molecule has 0 spiro atoms. The van der Waals surface area contributed by atoms with Gasteiger partial charge in [0, 0.05) is 15.5 Å². The van der Waals surface area contributed by atoms with E-state index in [4.69, 9.17) is 8.92 Å². The van der Waals surface area contributed by atoms with Gasteiger partial charge >= 0.3 is 5.97 Å². The molecule has 2 saturated heterocycles. The van der Waals surface area contributed by atoms with Gasteiger partial charge in [0.15, 0.2) is 0 Å². The number of aryl methyl sites for hydroxylation is 1. The van der Waals surface area contributed by atoms with E-state index in [2.05, 4.69) is 39.6 Å². The molecule has 0 amide bonds. The number of esters is 1. The Morgan fingerprint density at radius 3 is 2.56 bits per heavy atom. The van der Waals surface area contributed by atoms with E-state index in [0.717, 1.165) is 27.5 Å². The fraction of sp³-hybridized carbons (Fsp3) is 0.500. The predicted molar refractivity (Wildman–Crippen MR) is 139 cm³/mol. The van der Waals surface area contributed by atoms with Gasteiger partial charge < -0.3 is 4.74 Å². The maximum atomic E-state index is 13.4.